The van der Waals surface area contributed by atoms with E-state index in [1.807, 2.05) is 13.8 Å². The Bertz CT molecular complexity index is 138. The van der Waals surface area contributed by atoms with Gasteiger partial charge >= 0.3 is 0 Å². The summed E-state index contributed by atoms with van der Waals surface area (Å²) in [5, 5.41) is 0. The Balaban J connectivity index is 2.15. The highest BCUT2D eigenvalue weighted by atomic mass is 16.5. The van der Waals surface area contributed by atoms with Gasteiger partial charge in [-0.2, -0.15) is 0 Å². The summed E-state index contributed by atoms with van der Waals surface area (Å²) in [7, 11) is 0. The van der Waals surface area contributed by atoms with Gasteiger partial charge in [-0.25, -0.2) is 0 Å². The van der Waals surface area contributed by atoms with Crippen molar-refractivity contribution in [1.29, 1.82) is 0 Å². The lowest BCUT2D eigenvalue weighted by Crippen LogP contribution is -2.20. The summed E-state index contributed by atoms with van der Waals surface area (Å²) < 4.78 is 5.18. The average molecular weight is 156 g/mol. The molecule has 1 unspecified atom stereocenters. The zero-order valence-electron chi connectivity index (χ0n) is 7.30. The van der Waals surface area contributed by atoms with E-state index in [9.17, 15) is 4.79 Å². The summed E-state index contributed by atoms with van der Waals surface area (Å²) in [6.07, 6.45) is 3.04. The van der Waals surface area contributed by atoms with Crippen LogP contribution in [-0.2, 0) is 9.53 Å². The van der Waals surface area contributed by atoms with Crippen molar-refractivity contribution < 1.29 is 9.53 Å². The molecule has 0 N–H and O–H groups in total. The molecule has 11 heavy (non-hydrogen) atoms. The van der Waals surface area contributed by atoms with E-state index >= 15 is 0 Å². The van der Waals surface area contributed by atoms with Crippen LogP contribution in [0.15, 0.2) is 0 Å². The van der Waals surface area contributed by atoms with Gasteiger partial charge in [-0.05, 0) is 32.6 Å². The highest BCUT2D eigenvalue weighted by Gasteiger charge is 2.26. The maximum absolute atomic E-state index is 11.3. The van der Waals surface area contributed by atoms with Crippen LogP contribution in [0.2, 0.25) is 0 Å². The van der Waals surface area contributed by atoms with Gasteiger partial charge in [-0.1, -0.05) is 0 Å². The van der Waals surface area contributed by atoms with Gasteiger partial charge in [-0.3, -0.25) is 4.79 Å². The monoisotopic (exact) mass is 156 g/mol. The van der Waals surface area contributed by atoms with Crippen molar-refractivity contribution in [3.05, 3.63) is 0 Å². The lowest BCUT2D eigenvalue weighted by atomic mass is 10.1. The first-order chi connectivity index (χ1) is 5.24. The number of hydrogen-bond donors (Lipinski definition) is 0. The second-order valence-electron chi connectivity index (χ2n) is 3.21. The Hall–Kier alpha value is -0.370. The van der Waals surface area contributed by atoms with Crippen molar-refractivity contribution in [3.8, 4) is 0 Å². The first-order valence-corrected chi connectivity index (χ1v) is 4.38. The Labute approximate surface area is 67.9 Å². The number of ether oxygens (including phenoxy) is 1. The van der Waals surface area contributed by atoms with Crippen LogP contribution in [0.3, 0.4) is 0 Å². The van der Waals surface area contributed by atoms with Crippen LogP contribution < -0.4 is 0 Å². The number of Topliss-reactive ketones (excluding diaryl/α,β-unsaturated/α-hetero) is 1. The van der Waals surface area contributed by atoms with Crippen molar-refractivity contribution in [3.63, 3.8) is 0 Å². The largest absolute Gasteiger partial charge is 0.371 e. The second kappa shape index (κ2) is 3.86. The smallest absolute Gasteiger partial charge is 0.161 e. The fourth-order valence-electron chi connectivity index (χ4n) is 1.12. The van der Waals surface area contributed by atoms with Crippen molar-refractivity contribution in [2.24, 2.45) is 5.92 Å². The molecule has 0 saturated heterocycles. The van der Waals surface area contributed by atoms with Crippen LogP contribution in [0.5, 0.6) is 0 Å². The maximum atomic E-state index is 11.3. The molecule has 0 aromatic carbocycles. The molecule has 0 aromatic rings. The zero-order valence-corrected chi connectivity index (χ0v) is 7.30. The van der Waals surface area contributed by atoms with E-state index in [2.05, 4.69) is 0 Å². The van der Waals surface area contributed by atoms with Gasteiger partial charge in [-0.15, -0.1) is 0 Å². The minimum atomic E-state index is -0.180. The molecule has 1 rings (SSSR count). The summed E-state index contributed by atoms with van der Waals surface area (Å²) in [4.78, 5) is 11.3. The number of carbonyl (C=O) groups excluding carboxylic acids is 1. The minimum absolute atomic E-state index is 0.180. The van der Waals surface area contributed by atoms with E-state index in [-0.39, 0.29) is 11.9 Å². The molecule has 0 spiro atoms. The van der Waals surface area contributed by atoms with Crippen LogP contribution in [0.4, 0.5) is 0 Å². The van der Waals surface area contributed by atoms with Crippen LogP contribution in [0.1, 0.15) is 33.1 Å². The van der Waals surface area contributed by atoms with Gasteiger partial charge in [0.15, 0.2) is 5.78 Å². The summed E-state index contributed by atoms with van der Waals surface area (Å²) >= 11 is 0. The predicted molar refractivity (Wildman–Crippen MR) is 43.4 cm³/mol. The van der Waals surface area contributed by atoms with E-state index in [1.165, 1.54) is 12.8 Å². The molecule has 0 aromatic heterocycles. The van der Waals surface area contributed by atoms with E-state index in [4.69, 9.17) is 4.74 Å². The first kappa shape index (κ1) is 8.72. The highest BCUT2D eigenvalue weighted by Crippen LogP contribution is 2.32. The topological polar surface area (TPSA) is 26.3 Å². The third-order valence-corrected chi connectivity index (χ3v) is 2.06. The molecule has 0 bridgehead atoms. The second-order valence-corrected chi connectivity index (χ2v) is 3.21. The zero-order chi connectivity index (χ0) is 8.27. The van der Waals surface area contributed by atoms with Crippen molar-refractivity contribution >= 4 is 5.78 Å². The van der Waals surface area contributed by atoms with Gasteiger partial charge < -0.3 is 4.74 Å². The minimum Gasteiger partial charge on any atom is -0.371 e. The van der Waals surface area contributed by atoms with Gasteiger partial charge in [0.25, 0.3) is 0 Å². The van der Waals surface area contributed by atoms with E-state index < -0.39 is 0 Å². The number of carbonyl (C=O) groups is 1. The fourth-order valence-corrected chi connectivity index (χ4v) is 1.12. The molecular formula is C9H16O2. The lowest BCUT2D eigenvalue weighted by molar-refractivity contribution is -0.129. The molecule has 2 heteroatoms. The van der Waals surface area contributed by atoms with Crippen LogP contribution in [0.25, 0.3) is 0 Å². The van der Waals surface area contributed by atoms with Crippen molar-refractivity contribution in [2.75, 3.05) is 6.61 Å². The standard InChI is InChI=1S/C9H16O2/c1-3-11-7(2)9(10)6-8-4-5-8/h7-8H,3-6H2,1-2H3. The van der Waals surface area contributed by atoms with Crippen molar-refractivity contribution in [2.45, 2.75) is 39.2 Å². The van der Waals surface area contributed by atoms with E-state index in [0.717, 1.165) is 6.42 Å². The van der Waals surface area contributed by atoms with Crippen LogP contribution in [0, 0.1) is 5.92 Å². The van der Waals surface area contributed by atoms with Gasteiger partial charge in [0.2, 0.25) is 0 Å². The molecule has 1 fully saturated rings. The van der Waals surface area contributed by atoms with E-state index in [1.54, 1.807) is 0 Å². The Morgan fingerprint density at radius 2 is 2.27 bits per heavy atom. The van der Waals surface area contributed by atoms with Crippen LogP contribution in [-0.4, -0.2) is 18.5 Å². The third kappa shape index (κ3) is 3.02. The third-order valence-electron chi connectivity index (χ3n) is 2.06. The average Bonchev–Trinajstić information content (AvgIpc) is 2.72. The van der Waals surface area contributed by atoms with Gasteiger partial charge in [0, 0.05) is 13.0 Å². The Morgan fingerprint density at radius 3 is 2.73 bits per heavy atom. The fraction of sp³-hybridized carbons (Fsp3) is 0.889. The normalized spacial score (nSPS) is 19.8. The first-order valence-electron chi connectivity index (χ1n) is 4.38. The summed E-state index contributed by atoms with van der Waals surface area (Å²) in [6, 6.07) is 0. The molecule has 64 valence electrons. The molecule has 1 aliphatic carbocycles. The van der Waals surface area contributed by atoms with E-state index in [0.29, 0.717) is 12.5 Å². The summed E-state index contributed by atoms with van der Waals surface area (Å²) in [6.45, 7) is 4.40. The molecule has 0 aliphatic heterocycles. The van der Waals surface area contributed by atoms with Crippen LogP contribution >= 0.6 is 0 Å². The molecule has 0 heterocycles. The summed E-state index contributed by atoms with van der Waals surface area (Å²) in [5.41, 5.74) is 0. The SMILES string of the molecule is CCOC(C)C(=O)CC1CC1. The highest BCUT2D eigenvalue weighted by molar-refractivity contribution is 5.83. The Kier molecular flexibility index (Phi) is 3.06. The number of rotatable bonds is 5. The van der Waals surface area contributed by atoms with Crippen molar-refractivity contribution in [1.82, 2.24) is 0 Å². The summed E-state index contributed by atoms with van der Waals surface area (Å²) in [5.74, 6) is 0.958. The molecule has 1 aliphatic rings. The molecule has 0 radical (unpaired) electrons. The maximum Gasteiger partial charge on any atom is 0.161 e. The molecular weight excluding hydrogens is 140 g/mol. The predicted octanol–water partition coefficient (Wildman–Crippen LogP) is 1.78. The molecule has 1 saturated carbocycles. The molecule has 0 amide bonds. The number of hydrogen-bond acceptors (Lipinski definition) is 2. The number of ketones is 1. The molecule has 1 atom stereocenters. The van der Waals surface area contributed by atoms with Gasteiger partial charge in [0.05, 0.1) is 0 Å². The molecule has 2 nitrogen and oxygen atoms in total. The Morgan fingerprint density at radius 1 is 1.64 bits per heavy atom. The van der Waals surface area contributed by atoms with Gasteiger partial charge in [0.1, 0.15) is 6.10 Å². The quantitative estimate of drug-likeness (QED) is 0.606. The lowest BCUT2D eigenvalue weighted by Gasteiger charge is -2.08.